The van der Waals surface area contributed by atoms with Crippen molar-refractivity contribution in [1.82, 2.24) is 5.32 Å². The highest BCUT2D eigenvalue weighted by Gasteiger charge is 2.24. The topological polar surface area (TPSA) is 32.3 Å². The van der Waals surface area contributed by atoms with Crippen LogP contribution >= 0.6 is 0 Å². The van der Waals surface area contributed by atoms with Crippen LogP contribution in [0, 0.1) is 17.7 Å². The molecule has 1 aromatic rings. The zero-order chi connectivity index (χ0) is 13.7. The summed E-state index contributed by atoms with van der Waals surface area (Å²) in [5.74, 6) is 0.826. The molecule has 0 amide bonds. The number of aliphatic hydroxyl groups excluding tert-OH is 1. The molecular weight excluding hydrogens is 241 g/mol. The number of aliphatic hydroxyl groups is 1. The van der Waals surface area contributed by atoms with Gasteiger partial charge in [-0.3, -0.25) is 0 Å². The highest BCUT2D eigenvalue weighted by atomic mass is 19.1. The van der Waals surface area contributed by atoms with Crippen molar-refractivity contribution in [2.75, 3.05) is 13.2 Å². The largest absolute Gasteiger partial charge is 0.396 e. The summed E-state index contributed by atoms with van der Waals surface area (Å²) in [4.78, 5) is 0. The molecule has 19 heavy (non-hydrogen) atoms. The third-order valence-electron chi connectivity index (χ3n) is 4.36. The van der Waals surface area contributed by atoms with Crippen LogP contribution < -0.4 is 5.32 Å². The molecule has 0 aromatic heterocycles. The van der Waals surface area contributed by atoms with Crippen LogP contribution in [-0.4, -0.2) is 18.3 Å². The third-order valence-corrected chi connectivity index (χ3v) is 4.36. The minimum atomic E-state index is -0.191. The zero-order valence-electron chi connectivity index (χ0n) is 11.6. The van der Waals surface area contributed by atoms with Crippen LogP contribution in [0.3, 0.4) is 0 Å². The third kappa shape index (κ3) is 4.02. The second kappa shape index (κ2) is 7.01. The van der Waals surface area contributed by atoms with Crippen molar-refractivity contribution in [2.45, 2.75) is 38.6 Å². The Bertz CT molecular complexity index is 379. The summed E-state index contributed by atoms with van der Waals surface area (Å²) in [7, 11) is 0. The van der Waals surface area contributed by atoms with Gasteiger partial charge in [0, 0.05) is 12.6 Å². The van der Waals surface area contributed by atoms with E-state index in [1.165, 1.54) is 31.4 Å². The summed E-state index contributed by atoms with van der Waals surface area (Å²) in [5.41, 5.74) is 1.11. The molecule has 0 bridgehead atoms. The van der Waals surface area contributed by atoms with E-state index < -0.39 is 0 Å². The van der Waals surface area contributed by atoms with Crippen molar-refractivity contribution in [2.24, 2.45) is 11.8 Å². The van der Waals surface area contributed by atoms with Gasteiger partial charge in [0.05, 0.1) is 0 Å². The van der Waals surface area contributed by atoms with Gasteiger partial charge < -0.3 is 10.4 Å². The van der Waals surface area contributed by atoms with Gasteiger partial charge in [-0.1, -0.05) is 25.0 Å². The average Bonchev–Trinajstić information content (AvgIpc) is 2.45. The Balaban J connectivity index is 1.85. The van der Waals surface area contributed by atoms with E-state index in [9.17, 15) is 9.50 Å². The molecule has 3 unspecified atom stereocenters. The van der Waals surface area contributed by atoms with Gasteiger partial charge in [-0.15, -0.1) is 0 Å². The Morgan fingerprint density at radius 2 is 1.84 bits per heavy atom. The van der Waals surface area contributed by atoms with Crippen LogP contribution in [0.5, 0.6) is 0 Å². The Kier molecular flexibility index (Phi) is 5.34. The van der Waals surface area contributed by atoms with Gasteiger partial charge in [0.15, 0.2) is 0 Å². The lowest BCUT2D eigenvalue weighted by Crippen LogP contribution is -2.33. The van der Waals surface area contributed by atoms with Crippen molar-refractivity contribution < 1.29 is 9.50 Å². The molecule has 0 radical (unpaired) electrons. The zero-order valence-corrected chi connectivity index (χ0v) is 11.6. The number of halogens is 1. The van der Waals surface area contributed by atoms with Gasteiger partial charge in [-0.2, -0.15) is 0 Å². The minimum absolute atomic E-state index is 0.191. The number of rotatable bonds is 5. The fourth-order valence-electron chi connectivity index (χ4n) is 2.99. The molecule has 0 spiro atoms. The Morgan fingerprint density at radius 3 is 2.47 bits per heavy atom. The van der Waals surface area contributed by atoms with Gasteiger partial charge in [0.1, 0.15) is 5.82 Å². The fourth-order valence-corrected chi connectivity index (χ4v) is 2.99. The predicted molar refractivity (Wildman–Crippen MR) is 75.4 cm³/mol. The molecule has 1 saturated carbocycles. The molecule has 2 nitrogen and oxygen atoms in total. The van der Waals surface area contributed by atoms with Crippen molar-refractivity contribution in [1.29, 1.82) is 0 Å². The number of nitrogens with one attached hydrogen (secondary N) is 1. The molecule has 1 aromatic carbocycles. The van der Waals surface area contributed by atoms with E-state index in [0.717, 1.165) is 18.5 Å². The maximum Gasteiger partial charge on any atom is 0.123 e. The quantitative estimate of drug-likeness (QED) is 0.856. The van der Waals surface area contributed by atoms with E-state index >= 15 is 0 Å². The fraction of sp³-hybridized carbons (Fsp3) is 0.625. The monoisotopic (exact) mass is 265 g/mol. The lowest BCUT2D eigenvalue weighted by molar-refractivity contribution is 0.131. The Labute approximate surface area is 115 Å². The van der Waals surface area contributed by atoms with E-state index in [1.807, 2.05) is 12.1 Å². The second-order valence-corrected chi connectivity index (χ2v) is 5.67. The lowest BCUT2D eigenvalue weighted by Gasteiger charge is -2.31. The molecule has 1 fully saturated rings. The van der Waals surface area contributed by atoms with Gasteiger partial charge in [-0.05, 0) is 55.8 Å². The molecule has 2 N–H and O–H groups in total. The van der Waals surface area contributed by atoms with Crippen LogP contribution in [0.2, 0.25) is 0 Å². The maximum absolute atomic E-state index is 12.9. The van der Waals surface area contributed by atoms with Crippen LogP contribution in [0.15, 0.2) is 24.3 Å². The molecule has 1 aliphatic rings. The van der Waals surface area contributed by atoms with Crippen LogP contribution in [-0.2, 0) is 0 Å². The number of hydrogen-bond acceptors (Lipinski definition) is 2. The summed E-state index contributed by atoms with van der Waals surface area (Å²) in [6.45, 7) is 3.34. The molecule has 2 rings (SSSR count). The first-order chi connectivity index (χ1) is 9.20. The Morgan fingerprint density at radius 1 is 1.21 bits per heavy atom. The second-order valence-electron chi connectivity index (χ2n) is 5.67. The van der Waals surface area contributed by atoms with E-state index in [4.69, 9.17) is 0 Å². The molecule has 0 aliphatic heterocycles. The first-order valence-corrected chi connectivity index (χ1v) is 7.30. The first-order valence-electron chi connectivity index (χ1n) is 7.30. The molecule has 3 heteroatoms. The summed E-state index contributed by atoms with van der Waals surface area (Å²) >= 11 is 0. The SMILES string of the molecule is CC(NCC1CCCCC1CO)c1ccc(F)cc1. The summed E-state index contributed by atoms with van der Waals surface area (Å²) in [6, 6.07) is 6.89. The van der Waals surface area contributed by atoms with Gasteiger partial charge >= 0.3 is 0 Å². The average molecular weight is 265 g/mol. The predicted octanol–water partition coefficient (Wildman–Crippen LogP) is 3.28. The van der Waals surface area contributed by atoms with E-state index in [1.54, 1.807) is 0 Å². The molecule has 1 aliphatic carbocycles. The maximum atomic E-state index is 12.9. The summed E-state index contributed by atoms with van der Waals surface area (Å²) in [6.07, 6.45) is 4.87. The van der Waals surface area contributed by atoms with Crippen molar-refractivity contribution >= 4 is 0 Å². The molecule has 0 heterocycles. The highest BCUT2D eigenvalue weighted by molar-refractivity contribution is 5.19. The van der Waals surface area contributed by atoms with Crippen molar-refractivity contribution in [3.8, 4) is 0 Å². The number of hydrogen-bond donors (Lipinski definition) is 2. The first kappa shape index (κ1) is 14.5. The standard InChI is InChI=1S/C16H24FNO/c1-12(13-6-8-16(17)9-7-13)18-10-14-4-2-3-5-15(14)11-19/h6-9,12,14-15,18-19H,2-5,10-11H2,1H3. The van der Waals surface area contributed by atoms with E-state index in [0.29, 0.717) is 18.4 Å². The van der Waals surface area contributed by atoms with E-state index in [-0.39, 0.29) is 11.9 Å². The minimum Gasteiger partial charge on any atom is -0.396 e. The van der Waals surface area contributed by atoms with Crippen molar-refractivity contribution in [3.63, 3.8) is 0 Å². The van der Waals surface area contributed by atoms with Gasteiger partial charge in [0.2, 0.25) is 0 Å². The smallest absolute Gasteiger partial charge is 0.123 e. The highest BCUT2D eigenvalue weighted by Crippen LogP contribution is 2.29. The van der Waals surface area contributed by atoms with Crippen LogP contribution in [0.25, 0.3) is 0 Å². The lowest BCUT2D eigenvalue weighted by atomic mass is 9.79. The number of benzene rings is 1. The molecule has 106 valence electrons. The van der Waals surface area contributed by atoms with E-state index in [2.05, 4.69) is 12.2 Å². The summed E-state index contributed by atoms with van der Waals surface area (Å²) in [5, 5.41) is 12.9. The molecule has 0 saturated heterocycles. The van der Waals surface area contributed by atoms with Crippen LogP contribution in [0.1, 0.15) is 44.2 Å². The van der Waals surface area contributed by atoms with Crippen molar-refractivity contribution in [3.05, 3.63) is 35.6 Å². The Hall–Kier alpha value is -0.930. The van der Waals surface area contributed by atoms with Crippen LogP contribution in [0.4, 0.5) is 4.39 Å². The normalized spacial score (nSPS) is 25.2. The van der Waals surface area contributed by atoms with Gasteiger partial charge in [0.25, 0.3) is 0 Å². The summed E-state index contributed by atoms with van der Waals surface area (Å²) < 4.78 is 12.9. The van der Waals surface area contributed by atoms with Gasteiger partial charge in [-0.25, -0.2) is 4.39 Å². The molecule has 3 atom stereocenters. The molecular formula is C16H24FNO.